The van der Waals surface area contributed by atoms with Crippen LogP contribution in [0.2, 0.25) is 0 Å². The number of benzene rings is 1. The van der Waals surface area contributed by atoms with Crippen molar-refractivity contribution in [3.8, 4) is 17.0 Å². The number of urea groups is 1. The maximum Gasteiger partial charge on any atom is 0.320 e. The lowest BCUT2D eigenvalue weighted by molar-refractivity contribution is 0.172. The Morgan fingerprint density at radius 1 is 1.24 bits per heavy atom. The number of fused-ring (bicyclic) bond motifs is 2. The van der Waals surface area contributed by atoms with Crippen molar-refractivity contribution in [2.24, 2.45) is 0 Å². The van der Waals surface area contributed by atoms with E-state index in [9.17, 15) is 9.18 Å². The van der Waals surface area contributed by atoms with E-state index in [4.69, 9.17) is 15.2 Å². The number of pyridine rings is 2. The second-order valence-corrected chi connectivity index (χ2v) is 7.95. The molecule has 33 heavy (non-hydrogen) atoms. The molecule has 2 atom stereocenters. The normalized spacial score (nSPS) is 19.5. The van der Waals surface area contributed by atoms with Crippen LogP contribution < -0.4 is 26.4 Å². The van der Waals surface area contributed by atoms with E-state index < -0.39 is 24.1 Å². The van der Waals surface area contributed by atoms with Gasteiger partial charge >= 0.3 is 6.03 Å². The summed E-state index contributed by atoms with van der Waals surface area (Å²) in [7, 11) is 0. The van der Waals surface area contributed by atoms with Gasteiger partial charge in [0.05, 0.1) is 24.9 Å². The number of rotatable bonds is 3. The highest BCUT2D eigenvalue weighted by molar-refractivity contribution is 6.00. The number of halogens is 2. The number of nitrogens with zero attached hydrogens (tertiary/aromatic N) is 2. The summed E-state index contributed by atoms with van der Waals surface area (Å²) in [6.45, 7) is 3.04. The van der Waals surface area contributed by atoms with Gasteiger partial charge in [0.25, 0.3) is 0 Å². The van der Waals surface area contributed by atoms with Crippen LogP contribution in [-0.2, 0) is 4.74 Å². The van der Waals surface area contributed by atoms with Gasteiger partial charge in [0.15, 0.2) is 5.82 Å². The van der Waals surface area contributed by atoms with Gasteiger partial charge < -0.3 is 25.8 Å². The number of hydrogen-bond donors (Lipinski definition) is 4. The minimum absolute atomic E-state index is 0.0502. The summed E-state index contributed by atoms with van der Waals surface area (Å²) < 4.78 is 39.5. The number of ether oxygens (including phenoxy) is 2. The van der Waals surface area contributed by atoms with Crippen molar-refractivity contribution in [3.05, 3.63) is 35.9 Å². The number of nitrogen functional groups attached to an aromatic ring is 1. The Labute approximate surface area is 187 Å². The number of nitrogens with two attached hydrogens (primary N) is 1. The highest BCUT2D eigenvalue weighted by Crippen LogP contribution is 2.39. The zero-order valence-electron chi connectivity index (χ0n) is 17.7. The molecule has 11 heteroatoms. The number of alkyl halides is 1. The fraction of sp³-hybridized carbons (Fsp3) is 0.318. The molecule has 1 fully saturated rings. The molecule has 172 valence electrons. The van der Waals surface area contributed by atoms with Crippen molar-refractivity contribution in [1.29, 1.82) is 0 Å². The second-order valence-electron chi connectivity index (χ2n) is 7.95. The largest absolute Gasteiger partial charge is 0.474 e. The minimum Gasteiger partial charge on any atom is -0.474 e. The summed E-state index contributed by atoms with van der Waals surface area (Å²) in [5.41, 5.74) is 8.36. The molecule has 5 N–H and O–H groups in total. The Bertz CT molecular complexity index is 1250. The van der Waals surface area contributed by atoms with Crippen molar-refractivity contribution in [3.63, 3.8) is 0 Å². The summed E-state index contributed by atoms with van der Waals surface area (Å²) >= 11 is 0. The Balaban J connectivity index is 1.48. The zero-order chi connectivity index (χ0) is 23.1. The van der Waals surface area contributed by atoms with E-state index in [1.54, 1.807) is 18.3 Å². The smallest absolute Gasteiger partial charge is 0.320 e. The van der Waals surface area contributed by atoms with Gasteiger partial charge in [-0.05, 0) is 30.0 Å². The molecular weight excluding hydrogens is 434 g/mol. The van der Waals surface area contributed by atoms with Gasteiger partial charge in [0.2, 0.25) is 5.88 Å². The number of hydrogen-bond acceptors (Lipinski definition) is 7. The van der Waals surface area contributed by atoms with Crippen molar-refractivity contribution in [2.75, 3.05) is 42.7 Å². The summed E-state index contributed by atoms with van der Waals surface area (Å²) in [6, 6.07) is 1.87. The van der Waals surface area contributed by atoms with Crippen LogP contribution in [0.1, 0.15) is 5.56 Å². The topological polar surface area (TPSA) is 123 Å². The number of amides is 2. The van der Waals surface area contributed by atoms with E-state index >= 15 is 4.39 Å². The molecule has 0 radical (unpaired) electrons. The first-order valence-electron chi connectivity index (χ1n) is 10.5. The van der Waals surface area contributed by atoms with E-state index in [1.807, 2.05) is 6.92 Å². The van der Waals surface area contributed by atoms with Crippen LogP contribution in [0.25, 0.3) is 21.9 Å². The Morgan fingerprint density at radius 2 is 2.09 bits per heavy atom. The molecule has 9 nitrogen and oxygen atoms in total. The van der Waals surface area contributed by atoms with Gasteiger partial charge in [-0.3, -0.25) is 5.32 Å². The van der Waals surface area contributed by atoms with E-state index in [-0.39, 0.29) is 30.3 Å². The van der Waals surface area contributed by atoms with Gasteiger partial charge in [-0.15, -0.1) is 0 Å². The molecule has 0 aliphatic carbocycles. The molecule has 5 rings (SSSR count). The van der Waals surface area contributed by atoms with Crippen molar-refractivity contribution >= 4 is 34.0 Å². The molecule has 0 bridgehead atoms. The quantitative estimate of drug-likeness (QED) is 0.447. The fourth-order valence-electron chi connectivity index (χ4n) is 4.04. The first-order valence-corrected chi connectivity index (χ1v) is 10.5. The summed E-state index contributed by atoms with van der Waals surface area (Å²) in [5, 5.41) is 9.30. The first-order chi connectivity index (χ1) is 15.9. The summed E-state index contributed by atoms with van der Waals surface area (Å²) in [5.74, 6) is 0.0998. The number of carbonyl (C=O) groups excluding carboxylic acids is 1. The predicted molar refractivity (Wildman–Crippen MR) is 120 cm³/mol. The molecule has 2 aliphatic heterocycles. The van der Waals surface area contributed by atoms with Crippen molar-refractivity contribution < 1.29 is 23.0 Å². The van der Waals surface area contributed by atoms with E-state index in [2.05, 4.69) is 25.9 Å². The lowest BCUT2D eigenvalue weighted by Gasteiger charge is -2.22. The molecule has 3 aromatic rings. The standard InChI is InChI=1S/C22H22F2N6O3/c1-10-13(6-28-21-20(10)26-2-3-33-21)12-4-11-5-17(27-7-14(11)19(25)18(12)24)30-22(31)29-16-9-32-8-15(16)23/h4-7,15-16,26H,2-3,8-9,25H2,1H3,(H2,27,29,30,31)/t15-,16+/m0/s1. The van der Waals surface area contributed by atoms with E-state index in [1.165, 1.54) is 6.20 Å². The number of aromatic nitrogens is 2. The Hall–Kier alpha value is -3.73. The van der Waals surface area contributed by atoms with Crippen LogP contribution >= 0.6 is 0 Å². The maximum absolute atomic E-state index is 15.2. The Morgan fingerprint density at radius 3 is 2.88 bits per heavy atom. The van der Waals surface area contributed by atoms with Crippen LogP contribution in [0.4, 0.5) is 30.8 Å². The van der Waals surface area contributed by atoms with Crippen molar-refractivity contribution in [2.45, 2.75) is 19.1 Å². The third-order valence-corrected chi connectivity index (χ3v) is 5.80. The molecule has 2 amide bonds. The minimum atomic E-state index is -1.26. The van der Waals surface area contributed by atoms with Gasteiger partial charge in [-0.2, -0.15) is 0 Å². The lowest BCUT2D eigenvalue weighted by atomic mass is 9.97. The molecule has 2 aromatic heterocycles. The molecule has 4 heterocycles. The molecule has 1 aromatic carbocycles. The van der Waals surface area contributed by atoms with Gasteiger partial charge in [-0.25, -0.2) is 23.5 Å². The van der Waals surface area contributed by atoms with Crippen molar-refractivity contribution in [1.82, 2.24) is 15.3 Å². The number of carbonyl (C=O) groups is 1. The summed E-state index contributed by atoms with van der Waals surface area (Å²) in [4.78, 5) is 20.7. The van der Waals surface area contributed by atoms with Gasteiger partial charge in [0, 0.05) is 35.5 Å². The first kappa shape index (κ1) is 21.1. The SMILES string of the molecule is Cc1c(-c2cc3cc(NC(=O)N[C@@H]4COC[C@@H]4F)ncc3c(N)c2F)cnc2c1NCCO2. The second kappa shape index (κ2) is 8.32. The van der Waals surface area contributed by atoms with Crippen LogP contribution in [0.3, 0.4) is 0 Å². The van der Waals surface area contributed by atoms with Crippen LogP contribution in [0.5, 0.6) is 5.88 Å². The highest BCUT2D eigenvalue weighted by Gasteiger charge is 2.29. The van der Waals surface area contributed by atoms with Crippen LogP contribution in [0.15, 0.2) is 24.5 Å². The third kappa shape index (κ3) is 3.84. The average Bonchev–Trinajstić information content (AvgIpc) is 3.21. The maximum atomic E-state index is 15.2. The fourth-order valence-corrected chi connectivity index (χ4v) is 4.04. The van der Waals surface area contributed by atoms with E-state index in [0.717, 1.165) is 5.56 Å². The summed E-state index contributed by atoms with van der Waals surface area (Å²) in [6.07, 6.45) is 1.67. The number of anilines is 3. The molecule has 0 unspecified atom stereocenters. The predicted octanol–water partition coefficient (Wildman–Crippen LogP) is 2.99. The zero-order valence-corrected chi connectivity index (χ0v) is 17.7. The van der Waals surface area contributed by atoms with Crippen LogP contribution in [0, 0.1) is 12.7 Å². The lowest BCUT2D eigenvalue weighted by Crippen LogP contribution is -2.43. The van der Waals surface area contributed by atoms with Gasteiger partial charge in [0.1, 0.15) is 24.3 Å². The third-order valence-electron chi connectivity index (χ3n) is 5.80. The molecule has 0 saturated carbocycles. The van der Waals surface area contributed by atoms with Gasteiger partial charge in [-0.1, -0.05) is 0 Å². The Kier molecular flexibility index (Phi) is 5.33. The van der Waals surface area contributed by atoms with Crippen LogP contribution in [-0.4, -0.2) is 54.6 Å². The van der Waals surface area contributed by atoms with E-state index in [0.29, 0.717) is 41.1 Å². The average molecular weight is 456 g/mol. The molecule has 2 aliphatic rings. The molecular formula is C22H22F2N6O3. The highest BCUT2D eigenvalue weighted by atomic mass is 19.1. The molecule has 1 saturated heterocycles. The monoisotopic (exact) mass is 456 g/mol. The molecule has 0 spiro atoms. The number of nitrogens with one attached hydrogen (secondary N) is 3.